The van der Waals surface area contributed by atoms with Crippen LogP contribution in [0.3, 0.4) is 0 Å². The SMILES string of the molecule is COc1cc(C)nc(COc2ccc(F)c(C)c2)c1. The molecule has 2 rings (SSSR count). The Balaban J connectivity index is 2.09. The third-order valence-corrected chi connectivity index (χ3v) is 2.73. The summed E-state index contributed by atoms with van der Waals surface area (Å²) in [4.78, 5) is 4.36. The average Bonchev–Trinajstić information content (AvgIpc) is 2.39. The Labute approximate surface area is 112 Å². The first-order valence-electron chi connectivity index (χ1n) is 5.99. The predicted molar refractivity (Wildman–Crippen MR) is 71.0 cm³/mol. The Morgan fingerprint density at radius 2 is 1.89 bits per heavy atom. The minimum Gasteiger partial charge on any atom is -0.497 e. The van der Waals surface area contributed by atoms with Crippen LogP contribution in [0.2, 0.25) is 0 Å². The van der Waals surface area contributed by atoms with Gasteiger partial charge in [0.15, 0.2) is 0 Å². The maximum atomic E-state index is 13.1. The molecule has 0 aliphatic heterocycles. The molecule has 0 spiro atoms. The molecule has 0 saturated carbocycles. The second-order valence-corrected chi connectivity index (χ2v) is 4.34. The molecular weight excluding hydrogens is 245 g/mol. The lowest BCUT2D eigenvalue weighted by atomic mass is 10.2. The van der Waals surface area contributed by atoms with E-state index in [-0.39, 0.29) is 5.82 Å². The quantitative estimate of drug-likeness (QED) is 0.845. The van der Waals surface area contributed by atoms with Crippen molar-refractivity contribution in [3.63, 3.8) is 0 Å². The molecule has 0 saturated heterocycles. The molecule has 0 fully saturated rings. The molecule has 0 unspecified atom stereocenters. The van der Waals surface area contributed by atoms with Gasteiger partial charge in [0.05, 0.1) is 12.8 Å². The molecule has 0 radical (unpaired) electrons. The van der Waals surface area contributed by atoms with Crippen LogP contribution in [-0.2, 0) is 6.61 Å². The molecule has 0 aliphatic carbocycles. The molecule has 0 amide bonds. The number of benzene rings is 1. The number of halogens is 1. The third kappa shape index (κ3) is 3.44. The molecule has 19 heavy (non-hydrogen) atoms. The van der Waals surface area contributed by atoms with Crippen molar-refractivity contribution in [1.29, 1.82) is 0 Å². The van der Waals surface area contributed by atoms with Gasteiger partial charge in [-0.3, -0.25) is 4.98 Å². The van der Waals surface area contributed by atoms with Gasteiger partial charge in [0.1, 0.15) is 23.9 Å². The average molecular weight is 261 g/mol. The Morgan fingerprint density at radius 3 is 2.58 bits per heavy atom. The normalized spacial score (nSPS) is 10.3. The van der Waals surface area contributed by atoms with Crippen LogP contribution in [0.15, 0.2) is 30.3 Å². The number of ether oxygens (including phenoxy) is 2. The van der Waals surface area contributed by atoms with Crippen molar-refractivity contribution in [3.05, 3.63) is 53.1 Å². The van der Waals surface area contributed by atoms with Crippen molar-refractivity contribution in [1.82, 2.24) is 4.98 Å². The summed E-state index contributed by atoms with van der Waals surface area (Å²) in [5.74, 6) is 1.14. The monoisotopic (exact) mass is 261 g/mol. The minimum absolute atomic E-state index is 0.234. The van der Waals surface area contributed by atoms with Gasteiger partial charge in [0, 0.05) is 17.8 Å². The van der Waals surface area contributed by atoms with Crippen LogP contribution in [0.25, 0.3) is 0 Å². The van der Waals surface area contributed by atoms with Gasteiger partial charge in [-0.25, -0.2) is 4.39 Å². The number of aromatic nitrogens is 1. The summed E-state index contributed by atoms with van der Waals surface area (Å²) >= 11 is 0. The highest BCUT2D eigenvalue weighted by Gasteiger charge is 2.03. The fourth-order valence-corrected chi connectivity index (χ4v) is 1.76. The molecule has 0 bridgehead atoms. The van der Waals surface area contributed by atoms with Gasteiger partial charge >= 0.3 is 0 Å². The molecule has 2 aromatic rings. The van der Waals surface area contributed by atoms with Crippen molar-refractivity contribution < 1.29 is 13.9 Å². The third-order valence-electron chi connectivity index (χ3n) is 2.73. The first kappa shape index (κ1) is 13.3. The molecule has 1 heterocycles. The number of hydrogen-bond acceptors (Lipinski definition) is 3. The summed E-state index contributed by atoms with van der Waals surface area (Å²) in [6, 6.07) is 8.35. The van der Waals surface area contributed by atoms with Gasteiger partial charge in [0.2, 0.25) is 0 Å². The number of pyridine rings is 1. The number of rotatable bonds is 4. The highest BCUT2D eigenvalue weighted by molar-refractivity contribution is 5.30. The second kappa shape index (κ2) is 5.69. The number of nitrogens with zero attached hydrogens (tertiary/aromatic N) is 1. The van der Waals surface area contributed by atoms with Crippen LogP contribution in [-0.4, -0.2) is 12.1 Å². The van der Waals surface area contributed by atoms with Crippen LogP contribution in [0, 0.1) is 19.7 Å². The van der Waals surface area contributed by atoms with E-state index in [0.717, 1.165) is 17.1 Å². The fraction of sp³-hybridized carbons (Fsp3) is 0.267. The second-order valence-electron chi connectivity index (χ2n) is 4.34. The van der Waals surface area contributed by atoms with E-state index in [2.05, 4.69) is 4.98 Å². The fourth-order valence-electron chi connectivity index (χ4n) is 1.76. The molecule has 4 heteroatoms. The van der Waals surface area contributed by atoms with Gasteiger partial charge in [0.25, 0.3) is 0 Å². The van der Waals surface area contributed by atoms with Crippen LogP contribution in [0.5, 0.6) is 11.5 Å². The summed E-state index contributed by atoms with van der Waals surface area (Å²) in [7, 11) is 1.61. The van der Waals surface area contributed by atoms with Crippen molar-refractivity contribution in [2.24, 2.45) is 0 Å². The van der Waals surface area contributed by atoms with E-state index in [1.54, 1.807) is 26.2 Å². The number of hydrogen-bond donors (Lipinski definition) is 0. The predicted octanol–water partition coefficient (Wildman–Crippen LogP) is 3.43. The van der Waals surface area contributed by atoms with Gasteiger partial charge in [-0.2, -0.15) is 0 Å². The van der Waals surface area contributed by atoms with Gasteiger partial charge in [-0.1, -0.05) is 0 Å². The summed E-state index contributed by atoms with van der Waals surface area (Å²) in [5, 5.41) is 0. The maximum Gasteiger partial charge on any atom is 0.130 e. The first-order chi connectivity index (χ1) is 9.08. The summed E-state index contributed by atoms with van der Waals surface area (Å²) in [6.45, 7) is 3.92. The molecule has 1 aromatic heterocycles. The summed E-state index contributed by atoms with van der Waals surface area (Å²) < 4.78 is 23.9. The van der Waals surface area contributed by atoms with Gasteiger partial charge in [-0.15, -0.1) is 0 Å². The molecule has 0 atom stereocenters. The highest BCUT2D eigenvalue weighted by Crippen LogP contribution is 2.18. The van der Waals surface area contributed by atoms with Crippen molar-refractivity contribution >= 4 is 0 Å². The topological polar surface area (TPSA) is 31.4 Å². The first-order valence-corrected chi connectivity index (χ1v) is 5.99. The molecule has 0 N–H and O–H groups in total. The number of aryl methyl sites for hydroxylation is 2. The van der Waals surface area contributed by atoms with Crippen molar-refractivity contribution in [2.75, 3.05) is 7.11 Å². The van der Waals surface area contributed by atoms with Crippen LogP contribution in [0.4, 0.5) is 4.39 Å². The molecular formula is C15H16FNO2. The van der Waals surface area contributed by atoms with E-state index in [0.29, 0.717) is 17.9 Å². The van der Waals surface area contributed by atoms with Crippen LogP contribution < -0.4 is 9.47 Å². The zero-order chi connectivity index (χ0) is 13.8. The Morgan fingerprint density at radius 1 is 1.11 bits per heavy atom. The minimum atomic E-state index is -0.234. The lowest BCUT2D eigenvalue weighted by Crippen LogP contribution is -2.01. The van der Waals surface area contributed by atoms with Gasteiger partial charge < -0.3 is 9.47 Å². The molecule has 1 aromatic carbocycles. The van der Waals surface area contributed by atoms with Crippen molar-refractivity contribution in [3.8, 4) is 11.5 Å². The molecule has 3 nitrogen and oxygen atoms in total. The van der Waals surface area contributed by atoms with Crippen LogP contribution in [0.1, 0.15) is 17.0 Å². The zero-order valence-corrected chi connectivity index (χ0v) is 11.2. The van der Waals surface area contributed by atoms with E-state index >= 15 is 0 Å². The van der Waals surface area contributed by atoms with E-state index in [1.165, 1.54) is 6.07 Å². The van der Waals surface area contributed by atoms with Crippen molar-refractivity contribution in [2.45, 2.75) is 20.5 Å². The van der Waals surface area contributed by atoms with E-state index < -0.39 is 0 Å². The highest BCUT2D eigenvalue weighted by atomic mass is 19.1. The zero-order valence-electron chi connectivity index (χ0n) is 11.2. The lowest BCUT2D eigenvalue weighted by molar-refractivity contribution is 0.299. The molecule has 100 valence electrons. The van der Waals surface area contributed by atoms with Gasteiger partial charge in [-0.05, 0) is 37.6 Å². The number of methoxy groups -OCH3 is 1. The van der Waals surface area contributed by atoms with E-state index in [9.17, 15) is 4.39 Å². The summed E-state index contributed by atoms with van der Waals surface area (Å²) in [6.07, 6.45) is 0. The van der Waals surface area contributed by atoms with Crippen LogP contribution >= 0.6 is 0 Å². The Hall–Kier alpha value is -2.10. The Bertz CT molecular complexity index is 584. The lowest BCUT2D eigenvalue weighted by Gasteiger charge is -2.09. The largest absolute Gasteiger partial charge is 0.497 e. The summed E-state index contributed by atoms with van der Waals surface area (Å²) in [5.41, 5.74) is 2.21. The Kier molecular flexibility index (Phi) is 4.00. The smallest absolute Gasteiger partial charge is 0.130 e. The van der Waals surface area contributed by atoms with E-state index in [4.69, 9.17) is 9.47 Å². The standard InChI is InChI=1S/C15H16FNO2/c1-10-6-13(4-5-15(10)16)19-9-12-8-14(18-3)7-11(2)17-12/h4-8H,9H2,1-3H3. The molecule has 0 aliphatic rings. The maximum absolute atomic E-state index is 13.1. The van der Waals surface area contributed by atoms with E-state index in [1.807, 2.05) is 19.1 Å².